The van der Waals surface area contributed by atoms with Gasteiger partial charge in [0.2, 0.25) is 22.7 Å². The molecule has 1 aromatic heterocycles. The second-order valence-electron chi connectivity index (χ2n) is 8.10. The number of benzene rings is 2. The highest BCUT2D eigenvalue weighted by atomic mass is 32.2. The van der Waals surface area contributed by atoms with Crippen molar-refractivity contribution in [3.05, 3.63) is 82.3 Å². The van der Waals surface area contributed by atoms with Gasteiger partial charge in [-0.15, -0.1) is 0 Å². The SMILES string of the molecule is COCCN(CC(=O)N(Cc1ccc2c(c1)OCO2)Cc1ccco1)S(=O)(=O)c1ccc([N+](=O)[O-])cc1. The minimum atomic E-state index is -4.16. The normalized spacial score (nSPS) is 12.6. The van der Waals surface area contributed by atoms with Crippen molar-refractivity contribution >= 4 is 21.6 Å². The van der Waals surface area contributed by atoms with Gasteiger partial charge in [0.05, 0.1) is 35.8 Å². The third-order valence-corrected chi connectivity index (χ3v) is 7.49. The summed E-state index contributed by atoms with van der Waals surface area (Å²) in [6.07, 6.45) is 1.49. The Labute approximate surface area is 213 Å². The molecule has 0 saturated carbocycles. The Hall–Kier alpha value is -3.94. The number of carbonyl (C=O) groups is 1. The summed E-state index contributed by atoms with van der Waals surface area (Å²) < 4.78 is 49.0. The van der Waals surface area contributed by atoms with E-state index in [4.69, 9.17) is 18.6 Å². The van der Waals surface area contributed by atoms with Crippen LogP contribution in [0.25, 0.3) is 0 Å². The molecular formula is C24H25N3O9S. The summed E-state index contributed by atoms with van der Waals surface area (Å²) in [6.45, 7) is -0.154. The number of ether oxygens (including phenoxy) is 3. The minimum absolute atomic E-state index is 0.0415. The van der Waals surface area contributed by atoms with E-state index in [0.29, 0.717) is 17.3 Å². The number of nitrogens with zero attached hydrogens (tertiary/aromatic N) is 3. The molecule has 12 nitrogen and oxygen atoms in total. The number of nitro groups is 1. The first kappa shape index (κ1) is 26.1. The van der Waals surface area contributed by atoms with Gasteiger partial charge in [-0.3, -0.25) is 14.9 Å². The summed E-state index contributed by atoms with van der Waals surface area (Å²) >= 11 is 0. The first-order valence-corrected chi connectivity index (χ1v) is 12.6. The molecule has 0 radical (unpaired) electrons. The molecule has 1 amide bonds. The zero-order valence-corrected chi connectivity index (χ0v) is 20.8. The topological polar surface area (TPSA) is 142 Å². The number of nitro benzene ring substituents is 1. The van der Waals surface area contributed by atoms with Crippen LogP contribution in [0.15, 0.2) is 70.2 Å². The Balaban J connectivity index is 1.58. The number of rotatable bonds is 12. The van der Waals surface area contributed by atoms with E-state index in [-0.39, 0.29) is 43.6 Å². The number of fused-ring (bicyclic) bond motifs is 1. The van der Waals surface area contributed by atoms with E-state index in [2.05, 4.69) is 0 Å². The first-order valence-electron chi connectivity index (χ1n) is 11.2. The molecule has 0 bridgehead atoms. The predicted molar refractivity (Wildman–Crippen MR) is 129 cm³/mol. The Morgan fingerprint density at radius 2 is 1.84 bits per heavy atom. The van der Waals surface area contributed by atoms with Crippen LogP contribution in [0.3, 0.4) is 0 Å². The fourth-order valence-electron chi connectivity index (χ4n) is 3.70. The van der Waals surface area contributed by atoms with E-state index in [1.54, 1.807) is 30.3 Å². The maximum absolute atomic E-state index is 13.5. The molecule has 4 rings (SSSR count). The number of furan rings is 1. The van der Waals surface area contributed by atoms with Gasteiger partial charge in [-0.1, -0.05) is 6.07 Å². The van der Waals surface area contributed by atoms with Crippen molar-refractivity contribution in [1.82, 2.24) is 9.21 Å². The van der Waals surface area contributed by atoms with Crippen molar-refractivity contribution in [2.45, 2.75) is 18.0 Å². The van der Waals surface area contributed by atoms with E-state index in [1.165, 1.54) is 18.3 Å². The molecule has 2 heterocycles. The average molecular weight is 532 g/mol. The van der Waals surface area contributed by atoms with Crippen LogP contribution in [-0.2, 0) is 32.6 Å². The molecule has 2 aromatic carbocycles. The van der Waals surface area contributed by atoms with Crippen molar-refractivity contribution in [2.75, 3.05) is 33.6 Å². The third kappa shape index (κ3) is 6.25. The summed E-state index contributed by atoms with van der Waals surface area (Å²) in [5.74, 6) is 1.21. The number of carbonyl (C=O) groups excluding carboxylic acids is 1. The third-order valence-electron chi connectivity index (χ3n) is 5.63. The average Bonchev–Trinajstić information content (AvgIpc) is 3.57. The lowest BCUT2D eigenvalue weighted by Crippen LogP contribution is -2.43. The lowest BCUT2D eigenvalue weighted by molar-refractivity contribution is -0.384. The highest BCUT2D eigenvalue weighted by molar-refractivity contribution is 7.89. The van der Waals surface area contributed by atoms with Crippen LogP contribution in [0, 0.1) is 10.1 Å². The Bertz CT molecular complexity index is 1340. The van der Waals surface area contributed by atoms with Crippen LogP contribution in [0.2, 0.25) is 0 Å². The summed E-state index contributed by atoms with van der Waals surface area (Å²) in [6, 6.07) is 13.2. The second-order valence-corrected chi connectivity index (χ2v) is 10.0. The molecule has 0 fully saturated rings. The van der Waals surface area contributed by atoms with Gasteiger partial charge in [-0.05, 0) is 42.0 Å². The van der Waals surface area contributed by atoms with E-state index in [1.807, 2.05) is 0 Å². The van der Waals surface area contributed by atoms with Crippen LogP contribution >= 0.6 is 0 Å². The fraction of sp³-hybridized carbons (Fsp3) is 0.292. The maximum atomic E-state index is 13.5. The van der Waals surface area contributed by atoms with E-state index >= 15 is 0 Å². The Kier molecular flexibility index (Phi) is 8.06. The lowest BCUT2D eigenvalue weighted by Gasteiger charge is -2.27. The van der Waals surface area contributed by atoms with Gasteiger partial charge in [-0.25, -0.2) is 8.42 Å². The van der Waals surface area contributed by atoms with E-state index < -0.39 is 27.4 Å². The first-order chi connectivity index (χ1) is 17.8. The second kappa shape index (κ2) is 11.4. The van der Waals surface area contributed by atoms with Crippen molar-refractivity contribution in [3.8, 4) is 11.5 Å². The zero-order valence-electron chi connectivity index (χ0n) is 19.9. The molecular weight excluding hydrogens is 506 g/mol. The van der Waals surface area contributed by atoms with Crippen molar-refractivity contribution < 1.29 is 36.8 Å². The highest BCUT2D eigenvalue weighted by Crippen LogP contribution is 2.33. The summed E-state index contributed by atoms with van der Waals surface area (Å²) in [7, 11) is -2.75. The minimum Gasteiger partial charge on any atom is -0.467 e. The van der Waals surface area contributed by atoms with Gasteiger partial charge >= 0.3 is 0 Å². The fourth-order valence-corrected chi connectivity index (χ4v) is 5.07. The lowest BCUT2D eigenvalue weighted by atomic mass is 10.2. The summed E-state index contributed by atoms with van der Waals surface area (Å²) in [4.78, 5) is 25.1. The Morgan fingerprint density at radius 3 is 2.51 bits per heavy atom. The molecule has 37 heavy (non-hydrogen) atoms. The molecule has 1 aliphatic rings. The van der Waals surface area contributed by atoms with E-state index in [0.717, 1.165) is 34.1 Å². The van der Waals surface area contributed by atoms with Gasteiger partial charge in [0.15, 0.2) is 11.5 Å². The molecule has 0 aliphatic carbocycles. The summed E-state index contributed by atoms with van der Waals surface area (Å²) in [5, 5.41) is 11.0. The number of hydrogen-bond acceptors (Lipinski definition) is 9. The Morgan fingerprint density at radius 1 is 1.08 bits per heavy atom. The number of non-ortho nitro benzene ring substituents is 1. The molecule has 0 atom stereocenters. The molecule has 3 aromatic rings. The van der Waals surface area contributed by atoms with Crippen LogP contribution in [0.5, 0.6) is 11.5 Å². The molecule has 0 N–H and O–H groups in total. The van der Waals surface area contributed by atoms with Gasteiger partial charge in [0.25, 0.3) is 5.69 Å². The van der Waals surface area contributed by atoms with Crippen LogP contribution in [-0.4, -0.2) is 62.1 Å². The van der Waals surface area contributed by atoms with Crippen LogP contribution in [0.1, 0.15) is 11.3 Å². The maximum Gasteiger partial charge on any atom is 0.269 e. The van der Waals surface area contributed by atoms with Gasteiger partial charge in [0, 0.05) is 32.3 Å². The van der Waals surface area contributed by atoms with E-state index in [9.17, 15) is 23.3 Å². The number of hydrogen-bond donors (Lipinski definition) is 0. The quantitative estimate of drug-likeness (QED) is 0.255. The predicted octanol–water partition coefficient (Wildman–Crippen LogP) is 2.78. The van der Waals surface area contributed by atoms with Crippen molar-refractivity contribution in [2.24, 2.45) is 0 Å². The molecule has 0 spiro atoms. The highest BCUT2D eigenvalue weighted by Gasteiger charge is 2.29. The van der Waals surface area contributed by atoms with Crippen molar-refractivity contribution in [3.63, 3.8) is 0 Å². The molecule has 0 saturated heterocycles. The van der Waals surface area contributed by atoms with Crippen molar-refractivity contribution in [1.29, 1.82) is 0 Å². The number of amides is 1. The summed E-state index contributed by atoms with van der Waals surface area (Å²) in [5.41, 5.74) is 0.512. The standard InChI is InChI=1S/C24H25N3O9S/c1-33-12-10-26(37(31,32)21-7-5-19(6-8-21)27(29)30)16-24(28)25(15-20-3-2-11-34-20)14-18-4-9-22-23(13-18)36-17-35-22/h2-9,11,13H,10,12,14-17H2,1H3. The van der Waals surface area contributed by atoms with Gasteiger partial charge < -0.3 is 23.5 Å². The van der Waals surface area contributed by atoms with Gasteiger partial charge in [-0.2, -0.15) is 4.31 Å². The zero-order chi connectivity index (χ0) is 26.4. The van der Waals surface area contributed by atoms with Crippen LogP contribution < -0.4 is 9.47 Å². The van der Waals surface area contributed by atoms with Crippen LogP contribution in [0.4, 0.5) is 5.69 Å². The number of sulfonamides is 1. The number of methoxy groups -OCH3 is 1. The van der Waals surface area contributed by atoms with Gasteiger partial charge in [0.1, 0.15) is 5.76 Å². The molecule has 0 unspecified atom stereocenters. The monoisotopic (exact) mass is 531 g/mol. The largest absolute Gasteiger partial charge is 0.467 e. The molecule has 1 aliphatic heterocycles. The molecule has 13 heteroatoms. The smallest absolute Gasteiger partial charge is 0.269 e. The molecule has 196 valence electrons.